The van der Waals surface area contributed by atoms with E-state index in [1.807, 2.05) is 25.1 Å². The molecule has 4 heterocycles. The lowest BCUT2D eigenvalue weighted by Gasteiger charge is -2.46. The second-order valence-corrected chi connectivity index (χ2v) is 7.51. The first-order chi connectivity index (χ1) is 12.5. The Balaban J connectivity index is 1.79. The molecule has 1 amide bonds. The topological polar surface area (TPSA) is 72.3 Å². The molecule has 1 saturated heterocycles. The van der Waals surface area contributed by atoms with Crippen LogP contribution in [0.3, 0.4) is 0 Å². The molecule has 0 spiro atoms. The third-order valence-electron chi connectivity index (χ3n) is 5.65. The van der Waals surface area contributed by atoms with Crippen molar-refractivity contribution in [3.63, 3.8) is 0 Å². The summed E-state index contributed by atoms with van der Waals surface area (Å²) in [6.45, 7) is 9.70. The van der Waals surface area contributed by atoms with Gasteiger partial charge in [0.15, 0.2) is 5.82 Å². The van der Waals surface area contributed by atoms with E-state index < -0.39 is 0 Å². The lowest BCUT2D eigenvalue weighted by atomic mass is 9.76. The number of pyridine rings is 1. The zero-order valence-electron chi connectivity index (χ0n) is 15.5. The van der Waals surface area contributed by atoms with Crippen LogP contribution in [0.2, 0.25) is 0 Å². The van der Waals surface area contributed by atoms with Crippen LogP contribution in [0.25, 0.3) is 5.82 Å². The van der Waals surface area contributed by atoms with Gasteiger partial charge in [0.25, 0.3) is 0 Å². The number of morpholine rings is 1. The first kappa shape index (κ1) is 17.2. The highest BCUT2D eigenvalue weighted by atomic mass is 16.5. The van der Waals surface area contributed by atoms with Crippen molar-refractivity contribution in [1.82, 2.24) is 19.7 Å². The number of amides is 1. The molecule has 7 nitrogen and oxygen atoms in total. The molecule has 1 N–H and O–H groups in total. The number of carbonyl (C=O) groups is 1. The zero-order chi connectivity index (χ0) is 18.3. The van der Waals surface area contributed by atoms with Gasteiger partial charge in [0.2, 0.25) is 5.91 Å². The highest BCUT2D eigenvalue weighted by Gasteiger charge is 2.44. The Kier molecular flexibility index (Phi) is 4.28. The third kappa shape index (κ3) is 2.81. The predicted octanol–water partition coefficient (Wildman–Crippen LogP) is 2.11. The van der Waals surface area contributed by atoms with E-state index >= 15 is 0 Å². The molecular weight excluding hydrogens is 330 g/mol. The number of hydrogen-bond acceptors (Lipinski definition) is 5. The van der Waals surface area contributed by atoms with Gasteiger partial charge >= 0.3 is 0 Å². The number of ether oxygens (including phenoxy) is 1. The van der Waals surface area contributed by atoms with Crippen LogP contribution in [0.1, 0.15) is 37.4 Å². The fourth-order valence-electron chi connectivity index (χ4n) is 4.16. The summed E-state index contributed by atoms with van der Waals surface area (Å²) in [6, 6.07) is 5.69. The van der Waals surface area contributed by atoms with Crippen molar-refractivity contribution in [2.45, 2.75) is 38.6 Å². The minimum atomic E-state index is -0.168. The number of hydrogen-bond donors (Lipinski definition) is 1. The lowest BCUT2D eigenvalue weighted by Crippen LogP contribution is -2.54. The van der Waals surface area contributed by atoms with Gasteiger partial charge in [-0.2, -0.15) is 9.78 Å². The van der Waals surface area contributed by atoms with Crippen molar-refractivity contribution in [2.75, 3.05) is 31.6 Å². The first-order valence-corrected chi connectivity index (χ1v) is 9.12. The van der Waals surface area contributed by atoms with Gasteiger partial charge in [0, 0.05) is 42.7 Å². The van der Waals surface area contributed by atoms with Crippen LogP contribution in [0.5, 0.6) is 0 Å². The van der Waals surface area contributed by atoms with Crippen LogP contribution >= 0.6 is 0 Å². The molecule has 0 aromatic carbocycles. The maximum absolute atomic E-state index is 12.5. The summed E-state index contributed by atoms with van der Waals surface area (Å²) in [5.41, 5.74) is 1.89. The Bertz CT molecular complexity index is 809. The van der Waals surface area contributed by atoms with E-state index in [-0.39, 0.29) is 17.4 Å². The number of fused-ring (bicyclic) bond motifs is 1. The summed E-state index contributed by atoms with van der Waals surface area (Å²) < 4.78 is 7.27. The van der Waals surface area contributed by atoms with Gasteiger partial charge in [-0.05, 0) is 32.9 Å². The molecule has 0 radical (unpaired) electrons. The first-order valence-electron chi connectivity index (χ1n) is 9.12. The second-order valence-electron chi connectivity index (χ2n) is 7.51. The van der Waals surface area contributed by atoms with E-state index in [2.05, 4.69) is 29.0 Å². The third-order valence-corrected chi connectivity index (χ3v) is 5.65. The molecule has 2 aliphatic heterocycles. The maximum Gasteiger partial charge on any atom is 0.226 e. The van der Waals surface area contributed by atoms with E-state index in [1.165, 1.54) is 0 Å². The van der Waals surface area contributed by atoms with Gasteiger partial charge in [0.1, 0.15) is 5.82 Å². The van der Waals surface area contributed by atoms with E-state index in [0.29, 0.717) is 12.2 Å². The van der Waals surface area contributed by atoms with Crippen molar-refractivity contribution < 1.29 is 9.53 Å². The Morgan fingerprint density at radius 2 is 2.04 bits per heavy atom. The quantitative estimate of drug-likeness (QED) is 0.913. The Morgan fingerprint density at radius 1 is 1.27 bits per heavy atom. The van der Waals surface area contributed by atoms with Crippen LogP contribution in [0.4, 0.5) is 5.82 Å². The molecule has 4 rings (SSSR count). The van der Waals surface area contributed by atoms with E-state index in [0.717, 1.165) is 43.4 Å². The summed E-state index contributed by atoms with van der Waals surface area (Å²) in [6.07, 6.45) is 2.20. The standard InChI is InChI=1S/C19H25N5O2/c1-13-17-14(19(2,3)23-8-10-26-11-9-23)12-16(25)21-18(17)24(22-13)15-6-4-5-7-20-15/h4-7,14H,8-12H2,1-3H3,(H,21,25). The molecule has 7 heteroatoms. The fraction of sp³-hybridized carbons (Fsp3) is 0.526. The minimum absolute atomic E-state index is 0.0286. The number of nitrogens with one attached hydrogen (secondary N) is 1. The monoisotopic (exact) mass is 355 g/mol. The molecule has 1 fully saturated rings. The molecule has 26 heavy (non-hydrogen) atoms. The molecule has 0 bridgehead atoms. The average molecular weight is 355 g/mol. The Labute approximate surface area is 153 Å². The van der Waals surface area contributed by atoms with Crippen LogP contribution in [0.15, 0.2) is 24.4 Å². The second kappa shape index (κ2) is 6.48. The number of nitrogens with zero attached hydrogens (tertiary/aromatic N) is 4. The molecule has 2 aromatic rings. The molecule has 2 aliphatic rings. The smallest absolute Gasteiger partial charge is 0.226 e. The van der Waals surface area contributed by atoms with Gasteiger partial charge in [-0.1, -0.05) is 6.07 Å². The number of carbonyl (C=O) groups excluding carboxylic acids is 1. The molecule has 138 valence electrons. The van der Waals surface area contributed by atoms with Gasteiger partial charge in [-0.3, -0.25) is 9.69 Å². The number of anilines is 1. The van der Waals surface area contributed by atoms with Gasteiger partial charge in [-0.15, -0.1) is 0 Å². The molecule has 0 saturated carbocycles. The summed E-state index contributed by atoms with van der Waals surface area (Å²) in [5.74, 6) is 1.56. The Morgan fingerprint density at radius 3 is 2.73 bits per heavy atom. The van der Waals surface area contributed by atoms with Crippen molar-refractivity contribution in [1.29, 1.82) is 0 Å². The number of aromatic nitrogens is 3. The summed E-state index contributed by atoms with van der Waals surface area (Å²) in [7, 11) is 0. The summed E-state index contributed by atoms with van der Waals surface area (Å²) >= 11 is 0. The molecular formula is C19H25N5O2. The van der Waals surface area contributed by atoms with E-state index in [1.54, 1.807) is 10.9 Å². The SMILES string of the molecule is Cc1nn(-c2ccccn2)c2c1C(C(C)(C)N1CCOCC1)CC(=O)N2. The normalized spacial score (nSPS) is 21.3. The summed E-state index contributed by atoms with van der Waals surface area (Å²) in [5, 5.41) is 7.73. The van der Waals surface area contributed by atoms with E-state index in [9.17, 15) is 4.79 Å². The fourth-order valence-corrected chi connectivity index (χ4v) is 4.16. The lowest BCUT2D eigenvalue weighted by molar-refractivity contribution is -0.118. The molecule has 1 atom stereocenters. The van der Waals surface area contributed by atoms with Crippen molar-refractivity contribution in [3.05, 3.63) is 35.7 Å². The Hall–Kier alpha value is -2.25. The van der Waals surface area contributed by atoms with Crippen LogP contribution in [-0.2, 0) is 9.53 Å². The molecule has 1 unspecified atom stereocenters. The van der Waals surface area contributed by atoms with Gasteiger partial charge in [0.05, 0.1) is 18.9 Å². The summed E-state index contributed by atoms with van der Waals surface area (Å²) in [4.78, 5) is 19.4. The molecule has 0 aliphatic carbocycles. The van der Waals surface area contributed by atoms with Crippen molar-refractivity contribution in [2.24, 2.45) is 0 Å². The largest absolute Gasteiger partial charge is 0.379 e. The maximum atomic E-state index is 12.5. The van der Waals surface area contributed by atoms with Gasteiger partial charge < -0.3 is 10.1 Å². The van der Waals surface area contributed by atoms with E-state index in [4.69, 9.17) is 9.84 Å². The minimum Gasteiger partial charge on any atom is -0.379 e. The number of rotatable bonds is 3. The van der Waals surface area contributed by atoms with Gasteiger partial charge in [-0.25, -0.2) is 4.98 Å². The molecule has 2 aromatic heterocycles. The predicted molar refractivity (Wildman–Crippen MR) is 98.6 cm³/mol. The zero-order valence-corrected chi connectivity index (χ0v) is 15.5. The van der Waals surface area contributed by atoms with Crippen molar-refractivity contribution >= 4 is 11.7 Å². The highest BCUT2D eigenvalue weighted by Crippen LogP contribution is 2.44. The number of aryl methyl sites for hydroxylation is 1. The van der Waals surface area contributed by atoms with Crippen molar-refractivity contribution in [3.8, 4) is 5.82 Å². The van der Waals surface area contributed by atoms with Crippen LogP contribution in [-0.4, -0.2) is 57.4 Å². The highest BCUT2D eigenvalue weighted by molar-refractivity contribution is 5.94. The van der Waals surface area contributed by atoms with Crippen LogP contribution < -0.4 is 5.32 Å². The average Bonchev–Trinajstić information content (AvgIpc) is 2.99. The van der Waals surface area contributed by atoms with Crippen LogP contribution in [0, 0.1) is 6.92 Å².